The van der Waals surface area contributed by atoms with Crippen molar-refractivity contribution >= 4 is 27.3 Å². The number of nitrogens with zero attached hydrogens (tertiary/aromatic N) is 4. The second-order valence-electron chi connectivity index (χ2n) is 7.69. The topological polar surface area (TPSA) is 70.5 Å². The molecular formula is C21H22N4O3S. The summed E-state index contributed by atoms with van der Waals surface area (Å²) >= 11 is 1.36. The van der Waals surface area contributed by atoms with Crippen LogP contribution >= 0.6 is 11.3 Å². The van der Waals surface area contributed by atoms with E-state index in [0.29, 0.717) is 35.7 Å². The number of benzene rings is 1. The molecule has 4 aromatic rings. The minimum absolute atomic E-state index is 0.0202. The molecule has 1 aliphatic heterocycles. The SMILES string of the molecule is Cc1ccc(C)c(Cn2nc3n(CC4CCCO4)c(=O)c4sccc4n3c2=O)c1. The number of aryl methyl sites for hydroxylation is 2. The van der Waals surface area contributed by atoms with E-state index in [1.165, 1.54) is 16.0 Å². The summed E-state index contributed by atoms with van der Waals surface area (Å²) in [6, 6.07) is 8.00. The van der Waals surface area contributed by atoms with E-state index in [2.05, 4.69) is 23.3 Å². The fourth-order valence-corrected chi connectivity index (χ4v) is 4.85. The lowest BCUT2D eigenvalue weighted by Gasteiger charge is -2.12. The molecule has 1 aliphatic rings. The monoisotopic (exact) mass is 410 g/mol. The van der Waals surface area contributed by atoms with E-state index in [9.17, 15) is 9.59 Å². The maximum absolute atomic E-state index is 13.3. The lowest BCUT2D eigenvalue weighted by atomic mass is 10.1. The summed E-state index contributed by atoms with van der Waals surface area (Å²) in [5.41, 5.74) is 3.57. The van der Waals surface area contributed by atoms with Crippen LogP contribution in [0.4, 0.5) is 0 Å². The zero-order valence-electron chi connectivity index (χ0n) is 16.4. The van der Waals surface area contributed by atoms with Crippen molar-refractivity contribution in [1.29, 1.82) is 0 Å². The van der Waals surface area contributed by atoms with E-state index in [1.807, 2.05) is 25.3 Å². The molecular weight excluding hydrogens is 388 g/mol. The van der Waals surface area contributed by atoms with Gasteiger partial charge in [-0.1, -0.05) is 23.8 Å². The fourth-order valence-electron chi connectivity index (χ4n) is 4.03. The predicted molar refractivity (Wildman–Crippen MR) is 113 cm³/mol. The number of ether oxygens (including phenoxy) is 1. The number of thiophene rings is 1. The van der Waals surface area contributed by atoms with Crippen LogP contribution in [-0.2, 0) is 17.8 Å². The molecule has 1 atom stereocenters. The summed E-state index contributed by atoms with van der Waals surface area (Å²) in [6.45, 7) is 5.55. The molecule has 5 rings (SSSR count). The highest BCUT2D eigenvalue weighted by atomic mass is 32.1. The van der Waals surface area contributed by atoms with Crippen LogP contribution in [0.5, 0.6) is 0 Å². The highest BCUT2D eigenvalue weighted by Crippen LogP contribution is 2.20. The van der Waals surface area contributed by atoms with Crippen LogP contribution in [0.2, 0.25) is 0 Å². The van der Waals surface area contributed by atoms with Gasteiger partial charge in [-0.25, -0.2) is 13.9 Å². The van der Waals surface area contributed by atoms with Crippen molar-refractivity contribution in [2.75, 3.05) is 6.61 Å². The standard InChI is InChI=1S/C21H22N4O3S/c1-13-5-6-14(2)15(10-13)11-24-21(27)25-17-7-9-29-18(17)19(26)23(20(25)22-24)12-16-4-3-8-28-16/h5-7,9-10,16H,3-4,8,11-12H2,1-2H3. The van der Waals surface area contributed by atoms with Crippen molar-refractivity contribution in [3.05, 3.63) is 67.2 Å². The number of fused-ring (bicyclic) bond motifs is 3. The Morgan fingerprint density at radius 3 is 2.90 bits per heavy atom. The van der Waals surface area contributed by atoms with E-state index in [-0.39, 0.29) is 17.4 Å². The Morgan fingerprint density at radius 1 is 1.24 bits per heavy atom. The van der Waals surface area contributed by atoms with Crippen LogP contribution in [0.15, 0.2) is 39.2 Å². The molecule has 0 bridgehead atoms. The summed E-state index contributed by atoms with van der Waals surface area (Å²) in [6.07, 6.45) is 1.88. The fraction of sp³-hybridized carbons (Fsp3) is 0.381. The third kappa shape index (κ3) is 3.03. The Hall–Kier alpha value is -2.71. The highest BCUT2D eigenvalue weighted by Gasteiger charge is 2.23. The van der Waals surface area contributed by atoms with Gasteiger partial charge >= 0.3 is 5.69 Å². The van der Waals surface area contributed by atoms with Crippen LogP contribution in [0, 0.1) is 13.8 Å². The van der Waals surface area contributed by atoms with Crippen LogP contribution < -0.4 is 11.2 Å². The molecule has 0 saturated carbocycles. The van der Waals surface area contributed by atoms with Gasteiger partial charge in [0.1, 0.15) is 4.70 Å². The van der Waals surface area contributed by atoms with Crippen LogP contribution in [0.1, 0.15) is 29.5 Å². The molecule has 3 aromatic heterocycles. The molecule has 0 aliphatic carbocycles. The van der Waals surface area contributed by atoms with Gasteiger partial charge in [0.15, 0.2) is 0 Å². The summed E-state index contributed by atoms with van der Waals surface area (Å²) in [4.78, 5) is 26.4. The molecule has 0 amide bonds. The molecule has 29 heavy (non-hydrogen) atoms. The first-order valence-electron chi connectivity index (χ1n) is 9.80. The van der Waals surface area contributed by atoms with E-state index in [4.69, 9.17) is 4.74 Å². The van der Waals surface area contributed by atoms with Crippen molar-refractivity contribution in [3.8, 4) is 0 Å². The Labute approximate surface area is 170 Å². The first kappa shape index (κ1) is 18.3. The van der Waals surface area contributed by atoms with Gasteiger partial charge in [0.25, 0.3) is 5.56 Å². The Kier molecular flexibility index (Phi) is 4.40. The van der Waals surface area contributed by atoms with Crippen molar-refractivity contribution in [1.82, 2.24) is 18.7 Å². The van der Waals surface area contributed by atoms with Crippen molar-refractivity contribution in [2.24, 2.45) is 0 Å². The average molecular weight is 410 g/mol. The van der Waals surface area contributed by atoms with Crippen molar-refractivity contribution < 1.29 is 4.74 Å². The van der Waals surface area contributed by atoms with Gasteiger partial charge in [-0.2, -0.15) is 0 Å². The third-order valence-electron chi connectivity index (χ3n) is 5.62. The van der Waals surface area contributed by atoms with Gasteiger partial charge in [0.2, 0.25) is 5.78 Å². The second kappa shape index (κ2) is 6.96. The average Bonchev–Trinajstić information content (AvgIpc) is 3.43. The smallest absolute Gasteiger partial charge is 0.352 e. The van der Waals surface area contributed by atoms with Gasteiger partial charge in [-0.3, -0.25) is 9.36 Å². The van der Waals surface area contributed by atoms with Gasteiger partial charge in [-0.15, -0.1) is 16.4 Å². The third-order valence-corrected chi connectivity index (χ3v) is 6.51. The molecule has 0 N–H and O–H groups in total. The molecule has 8 heteroatoms. The minimum Gasteiger partial charge on any atom is -0.376 e. The second-order valence-corrected chi connectivity index (χ2v) is 8.61. The first-order valence-corrected chi connectivity index (χ1v) is 10.7. The van der Waals surface area contributed by atoms with Crippen LogP contribution in [-0.4, -0.2) is 31.5 Å². The molecule has 150 valence electrons. The largest absolute Gasteiger partial charge is 0.376 e. The molecule has 0 spiro atoms. The molecule has 7 nitrogen and oxygen atoms in total. The van der Waals surface area contributed by atoms with E-state index in [0.717, 1.165) is 29.5 Å². The van der Waals surface area contributed by atoms with Crippen LogP contribution in [0.25, 0.3) is 16.0 Å². The summed E-state index contributed by atoms with van der Waals surface area (Å²) < 4.78 is 10.9. The van der Waals surface area contributed by atoms with Crippen LogP contribution in [0.3, 0.4) is 0 Å². The van der Waals surface area contributed by atoms with E-state index >= 15 is 0 Å². The molecule has 4 heterocycles. The van der Waals surface area contributed by atoms with Gasteiger partial charge in [0, 0.05) is 6.61 Å². The van der Waals surface area contributed by atoms with Gasteiger partial charge in [-0.05, 0) is 49.3 Å². The summed E-state index contributed by atoms with van der Waals surface area (Å²) in [5.74, 6) is 0.381. The lowest BCUT2D eigenvalue weighted by Crippen LogP contribution is -2.29. The molecule has 0 radical (unpaired) electrons. The molecule has 1 fully saturated rings. The maximum Gasteiger partial charge on any atom is 0.352 e. The highest BCUT2D eigenvalue weighted by molar-refractivity contribution is 7.17. The molecule has 1 unspecified atom stereocenters. The van der Waals surface area contributed by atoms with Crippen molar-refractivity contribution in [3.63, 3.8) is 0 Å². The zero-order chi connectivity index (χ0) is 20.1. The number of rotatable bonds is 4. The minimum atomic E-state index is -0.231. The molecule has 1 saturated heterocycles. The Bertz CT molecular complexity index is 1340. The van der Waals surface area contributed by atoms with Gasteiger partial charge in [0.05, 0.1) is 24.7 Å². The van der Waals surface area contributed by atoms with Gasteiger partial charge < -0.3 is 4.74 Å². The maximum atomic E-state index is 13.3. The number of hydrogen-bond acceptors (Lipinski definition) is 5. The summed E-state index contributed by atoms with van der Waals surface area (Å²) in [5, 5.41) is 6.43. The van der Waals surface area contributed by atoms with E-state index in [1.54, 1.807) is 8.97 Å². The van der Waals surface area contributed by atoms with Crippen molar-refractivity contribution in [2.45, 2.75) is 45.9 Å². The predicted octanol–water partition coefficient (Wildman–Crippen LogP) is 2.72. The molecule has 1 aromatic carbocycles. The normalized spacial score (nSPS) is 17.0. The summed E-state index contributed by atoms with van der Waals surface area (Å²) in [7, 11) is 0. The Balaban J connectivity index is 1.71. The van der Waals surface area contributed by atoms with E-state index < -0.39 is 0 Å². The Morgan fingerprint density at radius 2 is 2.10 bits per heavy atom. The first-order chi connectivity index (χ1) is 14.0. The number of hydrogen-bond donors (Lipinski definition) is 0. The zero-order valence-corrected chi connectivity index (χ0v) is 17.2. The lowest BCUT2D eigenvalue weighted by molar-refractivity contribution is 0.0969. The number of aromatic nitrogens is 4. The quantitative estimate of drug-likeness (QED) is 0.519.